The second-order valence-electron chi connectivity index (χ2n) is 9.41. The molecule has 0 saturated carbocycles. The fourth-order valence-corrected chi connectivity index (χ4v) is 5.11. The number of nitrogens with zero attached hydrogens (tertiary/aromatic N) is 3. The lowest BCUT2D eigenvalue weighted by atomic mass is 9.81. The van der Waals surface area contributed by atoms with Crippen LogP contribution in [-0.4, -0.2) is 34.2 Å². The van der Waals surface area contributed by atoms with Gasteiger partial charge in [-0.2, -0.15) is 5.10 Å². The van der Waals surface area contributed by atoms with Crippen molar-refractivity contribution in [2.75, 3.05) is 11.4 Å². The van der Waals surface area contributed by atoms with Gasteiger partial charge in [0.1, 0.15) is 17.7 Å². The Hall–Kier alpha value is -4.26. The standard InChI is InChI=1S/C30H29FN4O2/c1-4-17-34-29-25(20(3)33-35(29)24-11-6-5-7-12-24)26(21-13-15-23(31)16-14-21)27(30(34)37)32-28(36)22-10-8-9-19(2)18-22/h5-16,18,26-27H,4,17H2,1-3H3,(H,32,36)/t26?,27-/m1/s1. The molecule has 4 aromatic rings. The summed E-state index contributed by atoms with van der Waals surface area (Å²) in [5, 5.41) is 7.86. The maximum Gasteiger partial charge on any atom is 0.251 e. The van der Waals surface area contributed by atoms with Gasteiger partial charge in [-0.3, -0.25) is 14.5 Å². The summed E-state index contributed by atoms with van der Waals surface area (Å²) in [5.74, 6) is -0.770. The normalized spacial score (nSPS) is 17.0. The first kappa shape index (κ1) is 24.4. The number of benzene rings is 3. The van der Waals surface area contributed by atoms with E-state index in [2.05, 4.69) is 5.32 Å². The number of para-hydroxylation sites is 1. The predicted octanol–water partition coefficient (Wildman–Crippen LogP) is 5.32. The number of carbonyl (C=O) groups excluding carboxylic acids is 2. The SMILES string of the molecule is CCCN1C(=O)[C@H](NC(=O)c2cccc(C)c2)C(c2ccc(F)cc2)c2c(C)nn(-c3ccccc3)c21. The molecule has 37 heavy (non-hydrogen) atoms. The summed E-state index contributed by atoms with van der Waals surface area (Å²) in [6.07, 6.45) is 0.726. The third-order valence-corrected chi connectivity index (χ3v) is 6.76. The average Bonchev–Trinajstić information content (AvgIpc) is 3.24. The summed E-state index contributed by atoms with van der Waals surface area (Å²) in [6, 6.07) is 22.2. The maximum absolute atomic E-state index is 14.2. The summed E-state index contributed by atoms with van der Waals surface area (Å²) in [7, 11) is 0. The molecule has 0 saturated heterocycles. The first-order chi connectivity index (χ1) is 17.9. The molecule has 3 aromatic carbocycles. The molecule has 2 heterocycles. The van der Waals surface area contributed by atoms with Gasteiger partial charge in [-0.15, -0.1) is 0 Å². The molecule has 1 N–H and O–H groups in total. The molecular formula is C30H29FN4O2. The van der Waals surface area contributed by atoms with Gasteiger partial charge in [0.2, 0.25) is 0 Å². The molecule has 5 rings (SSSR count). The minimum atomic E-state index is -0.885. The zero-order chi connectivity index (χ0) is 26.1. The van der Waals surface area contributed by atoms with Crippen LogP contribution in [0.4, 0.5) is 10.2 Å². The van der Waals surface area contributed by atoms with Crippen LogP contribution in [0.1, 0.15) is 52.0 Å². The van der Waals surface area contributed by atoms with E-state index in [1.54, 1.807) is 33.8 Å². The zero-order valence-electron chi connectivity index (χ0n) is 21.1. The number of halogens is 1. The molecule has 188 valence electrons. The largest absolute Gasteiger partial charge is 0.339 e. The van der Waals surface area contributed by atoms with Gasteiger partial charge in [-0.25, -0.2) is 9.07 Å². The number of carbonyl (C=O) groups is 2. The molecule has 1 aromatic heterocycles. The molecule has 6 nitrogen and oxygen atoms in total. The number of nitrogens with one attached hydrogen (secondary N) is 1. The molecule has 0 fully saturated rings. The number of amides is 2. The highest BCUT2D eigenvalue weighted by molar-refractivity contribution is 6.05. The third kappa shape index (κ3) is 4.53. The molecule has 0 bridgehead atoms. The summed E-state index contributed by atoms with van der Waals surface area (Å²) < 4.78 is 15.7. The van der Waals surface area contributed by atoms with Crippen LogP contribution >= 0.6 is 0 Å². The van der Waals surface area contributed by atoms with Gasteiger partial charge in [0.05, 0.1) is 11.4 Å². The Morgan fingerprint density at radius 1 is 1.00 bits per heavy atom. The van der Waals surface area contributed by atoms with E-state index in [1.807, 2.05) is 63.2 Å². The molecule has 0 aliphatic carbocycles. The van der Waals surface area contributed by atoms with Crippen molar-refractivity contribution in [3.8, 4) is 5.69 Å². The Bertz CT molecular complexity index is 1450. The highest BCUT2D eigenvalue weighted by Crippen LogP contribution is 2.43. The Morgan fingerprint density at radius 3 is 2.41 bits per heavy atom. The van der Waals surface area contributed by atoms with Gasteiger partial charge in [-0.05, 0) is 62.2 Å². The van der Waals surface area contributed by atoms with Crippen LogP contribution in [0.25, 0.3) is 5.69 Å². The predicted molar refractivity (Wildman–Crippen MR) is 142 cm³/mol. The van der Waals surface area contributed by atoms with E-state index in [4.69, 9.17) is 5.10 Å². The Balaban J connectivity index is 1.69. The lowest BCUT2D eigenvalue weighted by molar-refractivity contribution is -0.121. The lowest BCUT2D eigenvalue weighted by Crippen LogP contribution is -2.55. The van der Waals surface area contributed by atoms with Crippen molar-refractivity contribution in [3.05, 3.63) is 113 Å². The Morgan fingerprint density at radius 2 is 1.73 bits per heavy atom. The molecule has 7 heteroatoms. The van der Waals surface area contributed by atoms with E-state index >= 15 is 0 Å². The van der Waals surface area contributed by atoms with Gasteiger partial charge < -0.3 is 5.32 Å². The van der Waals surface area contributed by atoms with Crippen molar-refractivity contribution in [1.82, 2.24) is 15.1 Å². The van der Waals surface area contributed by atoms with Crippen molar-refractivity contribution in [3.63, 3.8) is 0 Å². The van der Waals surface area contributed by atoms with Crippen molar-refractivity contribution in [2.45, 2.75) is 39.2 Å². The molecule has 0 spiro atoms. The van der Waals surface area contributed by atoms with Gasteiger partial charge in [0.15, 0.2) is 0 Å². The number of hydrogen-bond donors (Lipinski definition) is 1. The number of rotatable bonds is 6. The molecule has 2 atom stereocenters. The number of aryl methyl sites for hydroxylation is 2. The van der Waals surface area contributed by atoms with Gasteiger partial charge in [0.25, 0.3) is 11.8 Å². The topological polar surface area (TPSA) is 67.2 Å². The van der Waals surface area contributed by atoms with Crippen molar-refractivity contribution in [1.29, 1.82) is 0 Å². The Kier molecular flexibility index (Phi) is 6.61. The number of hydrogen-bond acceptors (Lipinski definition) is 3. The highest BCUT2D eigenvalue weighted by Gasteiger charge is 2.45. The van der Waals surface area contributed by atoms with Crippen LogP contribution in [-0.2, 0) is 4.79 Å². The fraction of sp³-hybridized carbons (Fsp3) is 0.233. The first-order valence-corrected chi connectivity index (χ1v) is 12.5. The average molecular weight is 497 g/mol. The number of anilines is 1. The maximum atomic E-state index is 14.2. The molecular weight excluding hydrogens is 467 g/mol. The Labute approximate surface area is 215 Å². The van der Waals surface area contributed by atoms with Crippen LogP contribution in [0.2, 0.25) is 0 Å². The van der Waals surface area contributed by atoms with Gasteiger partial charge in [0, 0.05) is 23.6 Å². The minimum absolute atomic E-state index is 0.221. The summed E-state index contributed by atoms with van der Waals surface area (Å²) in [4.78, 5) is 29.2. The summed E-state index contributed by atoms with van der Waals surface area (Å²) >= 11 is 0. The van der Waals surface area contributed by atoms with E-state index in [0.717, 1.165) is 34.5 Å². The quantitative estimate of drug-likeness (QED) is 0.393. The number of aromatic nitrogens is 2. The minimum Gasteiger partial charge on any atom is -0.339 e. The first-order valence-electron chi connectivity index (χ1n) is 12.5. The van der Waals surface area contributed by atoms with E-state index in [1.165, 1.54) is 12.1 Å². The highest BCUT2D eigenvalue weighted by atomic mass is 19.1. The fourth-order valence-electron chi connectivity index (χ4n) is 5.11. The van der Waals surface area contributed by atoms with Crippen molar-refractivity contribution in [2.24, 2.45) is 0 Å². The molecule has 1 aliphatic heterocycles. The summed E-state index contributed by atoms with van der Waals surface area (Å²) in [5.41, 5.74) is 4.59. The van der Waals surface area contributed by atoms with E-state index < -0.39 is 12.0 Å². The van der Waals surface area contributed by atoms with Crippen LogP contribution < -0.4 is 10.2 Å². The number of fused-ring (bicyclic) bond motifs is 1. The third-order valence-electron chi connectivity index (χ3n) is 6.76. The van der Waals surface area contributed by atoms with Crippen molar-refractivity contribution >= 4 is 17.6 Å². The molecule has 1 aliphatic rings. The second-order valence-corrected chi connectivity index (χ2v) is 9.41. The van der Waals surface area contributed by atoms with Gasteiger partial charge in [-0.1, -0.05) is 55.0 Å². The van der Waals surface area contributed by atoms with Crippen LogP contribution in [0.3, 0.4) is 0 Å². The van der Waals surface area contributed by atoms with Crippen LogP contribution in [0.5, 0.6) is 0 Å². The van der Waals surface area contributed by atoms with E-state index in [-0.39, 0.29) is 17.6 Å². The van der Waals surface area contributed by atoms with Crippen LogP contribution in [0.15, 0.2) is 78.9 Å². The monoisotopic (exact) mass is 496 g/mol. The summed E-state index contributed by atoms with van der Waals surface area (Å²) in [6.45, 7) is 6.31. The van der Waals surface area contributed by atoms with Gasteiger partial charge >= 0.3 is 0 Å². The van der Waals surface area contributed by atoms with E-state index in [9.17, 15) is 14.0 Å². The molecule has 2 amide bonds. The second kappa shape index (κ2) is 10.0. The van der Waals surface area contributed by atoms with E-state index in [0.29, 0.717) is 17.9 Å². The molecule has 0 radical (unpaired) electrons. The molecule has 1 unspecified atom stereocenters. The lowest BCUT2D eigenvalue weighted by Gasteiger charge is -2.39. The smallest absolute Gasteiger partial charge is 0.251 e. The van der Waals surface area contributed by atoms with Crippen molar-refractivity contribution < 1.29 is 14.0 Å². The zero-order valence-corrected chi connectivity index (χ0v) is 21.1. The van der Waals surface area contributed by atoms with Crippen LogP contribution in [0, 0.1) is 19.7 Å².